The zero-order valence-corrected chi connectivity index (χ0v) is 21.4. The summed E-state index contributed by atoms with van der Waals surface area (Å²) in [5.41, 5.74) is 2.49. The molecule has 0 amide bonds. The summed E-state index contributed by atoms with van der Waals surface area (Å²) in [6.45, 7) is 9.06. The number of benzene rings is 1. The van der Waals surface area contributed by atoms with Gasteiger partial charge in [-0.3, -0.25) is 14.4 Å². The van der Waals surface area contributed by atoms with E-state index >= 15 is 0 Å². The van der Waals surface area contributed by atoms with Crippen LogP contribution in [0.15, 0.2) is 56.2 Å². The molecule has 1 aliphatic heterocycles. The molecule has 2 aromatic rings. The number of esters is 2. The fourth-order valence-electron chi connectivity index (χ4n) is 5.05. The topological polar surface area (TPSA) is 112 Å². The minimum Gasteiger partial charge on any atom is -0.468 e. The number of Topliss-reactive ketones (excluding diaryl/α,β-unsaturated/α-hetero) is 1. The Balaban J connectivity index is 1.97. The molecule has 8 nitrogen and oxygen atoms in total. The predicted molar refractivity (Wildman–Crippen MR) is 133 cm³/mol. The number of dihydropyridines is 1. The number of hydrogen-bond acceptors (Lipinski definition) is 8. The largest absolute Gasteiger partial charge is 0.468 e. The molecule has 0 fully saturated rings. The third-order valence-electron chi connectivity index (χ3n) is 7.11. The van der Waals surface area contributed by atoms with Crippen LogP contribution in [0.3, 0.4) is 0 Å². The predicted octanol–water partition coefficient (Wildman–Crippen LogP) is 4.06. The Kier molecular flexibility index (Phi) is 6.89. The molecule has 8 heteroatoms. The molecule has 4 atom stereocenters. The van der Waals surface area contributed by atoms with Gasteiger partial charge < -0.3 is 19.2 Å². The maximum absolute atomic E-state index is 13.8. The number of aryl methyl sites for hydroxylation is 1. The molecule has 0 saturated heterocycles. The molecule has 1 aromatic carbocycles. The van der Waals surface area contributed by atoms with Gasteiger partial charge >= 0.3 is 11.9 Å². The number of hydrogen-bond donors (Lipinski definition) is 1. The number of carbonyl (C=O) groups is 3. The Bertz CT molecular complexity index is 1380. The van der Waals surface area contributed by atoms with Crippen LogP contribution in [0, 0.1) is 18.8 Å². The van der Waals surface area contributed by atoms with E-state index in [9.17, 15) is 19.2 Å². The second-order valence-electron chi connectivity index (χ2n) is 9.68. The molecule has 1 aliphatic carbocycles. The Morgan fingerprint density at radius 3 is 2.61 bits per heavy atom. The van der Waals surface area contributed by atoms with E-state index in [0.29, 0.717) is 35.2 Å². The molecule has 190 valence electrons. The van der Waals surface area contributed by atoms with E-state index in [1.807, 2.05) is 19.9 Å². The van der Waals surface area contributed by atoms with E-state index in [4.69, 9.17) is 13.9 Å². The SMILES string of the molecule is CC[C@H](C)OC(=O)C1=C(C)NC2=C(C(=O)[C@H](C(=O)OC)[C@@H](C)C2)[C@H]1c1coc2ccc(C)cc2c1=O. The second kappa shape index (κ2) is 9.76. The fourth-order valence-corrected chi connectivity index (χ4v) is 5.05. The molecule has 4 rings (SSSR count). The number of carbonyl (C=O) groups excluding carboxylic acids is 3. The van der Waals surface area contributed by atoms with Crippen LogP contribution in [0.25, 0.3) is 11.0 Å². The molecule has 2 heterocycles. The lowest BCUT2D eigenvalue weighted by Gasteiger charge is -2.38. The molecular formula is C28H31NO7. The quantitative estimate of drug-likeness (QED) is 0.490. The van der Waals surface area contributed by atoms with Crippen molar-refractivity contribution >= 4 is 28.7 Å². The number of rotatable bonds is 5. The molecule has 0 saturated carbocycles. The Morgan fingerprint density at radius 1 is 1.22 bits per heavy atom. The summed E-state index contributed by atoms with van der Waals surface area (Å²) in [5.74, 6) is -4.17. The maximum Gasteiger partial charge on any atom is 0.337 e. The molecule has 1 N–H and O–H groups in total. The molecular weight excluding hydrogens is 462 g/mol. The van der Waals surface area contributed by atoms with Gasteiger partial charge in [0.15, 0.2) is 11.2 Å². The van der Waals surface area contributed by atoms with Gasteiger partial charge in [0.2, 0.25) is 0 Å². The van der Waals surface area contributed by atoms with Crippen LogP contribution in [0.4, 0.5) is 0 Å². The van der Waals surface area contributed by atoms with Gasteiger partial charge in [-0.2, -0.15) is 0 Å². The van der Waals surface area contributed by atoms with Crippen LogP contribution in [-0.4, -0.2) is 30.9 Å². The molecule has 0 bridgehead atoms. The Morgan fingerprint density at radius 2 is 1.94 bits per heavy atom. The van der Waals surface area contributed by atoms with Crippen LogP contribution >= 0.6 is 0 Å². The molecule has 0 spiro atoms. The van der Waals surface area contributed by atoms with E-state index in [1.54, 1.807) is 32.9 Å². The smallest absolute Gasteiger partial charge is 0.337 e. The molecule has 2 aliphatic rings. The van der Waals surface area contributed by atoms with Crippen molar-refractivity contribution < 1.29 is 28.3 Å². The van der Waals surface area contributed by atoms with Crippen LogP contribution in [0.1, 0.15) is 57.6 Å². The third kappa shape index (κ3) is 4.25. The monoisotopic (exact) mass is 493 g/mol. The maximum atomic E-state index is 13.8. The van der Waals surface area contributed by atoms with Crippen LogP contribution in [-0.2, 0) is 23.9 Å². The second-order valence-corrected chi connectivity index (χ2v) is 9.68. The first-order chi connectivity index (χ1) is 17.1. The average Bonchev–Trinajstić information content (AvgIpc) is 2.83. The fraction of sp³-hybridized carbons (Fsp3) is 0.429. The summed E-state index contributed by atoms with van der Waals surface area (Å²) >= 11 is 0. The van der Waals surface area contributed by atoms with Crippen molar-refractivity contribution in [3.63, 3.8) is 0 Å². The highest BCUT2D eigenvalue weighted by Gasteiger charge is 2.48. The van der Waals surface area contributed by atoms with Crippen molar-refractivity contribution in [2.45, 2.75) is 59.5 Å². The van der Waals surface area contributed by atoms with Crippen LogP contribution in [0.2, 0.25) is 0 Å². The van der Waals surface area contributed by atoms with E-state index < -0.39 is 29.6 Å². The highest BCUT2D eigenvalue weighted by Crippen LogP contribution is 2.45. The normalized spacial score (nSPS) is 22.7. The summed E-state index contributed by atoms with van der Waals surface area (Å²) in [6.07, 6.45) is 1.92. The van der Waals surface area contributed by atoms with Gasteiger partial charge in [-0.25, -0.2) is 4.79 Å². The van der Waals surface area contributed by atoms with E-state index in [0.717, 1.165) is 5.56 Å². The highest BCUT2D eigenvalue weighted by molar-refractivity contribution is 6.12. The minimum atomic E-state index is -1.05. The standard InChI is InChI=1S/C28H31NO7/c1-7-15(4)36-28(33)22-16(5)29-19-11-14(3)21(27(32)34-6)26(31)24(19)23(22)18-12-35-20-9-8-13(2)10-17(20)25(18)30/h8-10,12,14-15,21,23,29H,7,11H2,1-6H3/t14-,15-,21+,23-/m0/s1. The van der Waals surface area contributed by atoms with Crippen LogP contribution in [0.5, 0.6) is 0 Å². The first-order valence-electron chi connectivity index (χ1n) is 12.1. The first-order valence-corrected chi connectivity index (χ1v) is 12.1. The van der Waals surface area contributed by atoms with Gasteiger partial charge in [0.1, 0.15) is 11.5 Å². The average molecular weight is 494 g/mol. The number of allylic oxidation sites excluding steroid dienone is 3. The minimum absolute atomic E-state index is 0.143. The van der Waals surface area contributed by atoms with Crippen molar-refractivity contribution in [1.29, 1.82) is 0 Å². The van der Waals surface area contributed by atoms with Crippen LogP contribution < -0.4 is 10.7 Å². The summed E-state index contributed by atoms with van der Waals surface area (Å²) < 4.78 is 16.4. The molecule has 36 heavy (non-hydrogen) atoms. The lowest BCUT2D eigenvalue weighted by molar-refractivity contribution is -0.151. The number of methoxy groups -OCH3 is 1. The molecule has 0 unspecified atom stereocenters. The number of ether oxygens (including phenoxy) is 2. The van der Waals surface area contributed by atoms with Gasteiger partial charge in [0.05, 0.1) is 36.4 Å². The van der Waals surface area contributed by atoms with Gasteiger partial charge in [0, 0.05) is 22.5 Å². The number of nitrogens with one attached hydrogen (secondary N) is 1. The summed E-state index contributed by atoms with van der Waals surface area (Å²) in [5, 5.41) is 3.55. The van der Waals surface area contributed by atoms with Crippen molar-refractivity contribution in [1.82, 2.24) is 5.32 Å². The van der Waals surface area contributed by atoms with E-state index in [1.165, 1.54) is 13.4 Å². The Labute approximate surface area is 209 Å². The summed E-state index contributed by atoms with van der Waals surface area (Å²) in [4.78, 5) is 53.6. The van der Waals surface area contributed by atoms with Gasteiger partial charge in [0.25, 0.3) is 0 Å². The lowest BCUT2D eigenvalue weighted by atomic mass is 9.69. The highest BCUT2D eigenvalue weighted by atomic mass is 16.5. The lowest BCUT2D eigenvalue weighted by Crippen LogP contribution is -2.44. The Hall–Kier alpha value is -3.68. The number of fused-ring (bicyclic) bond motifs is 1. The van der Waals surface area contributed by atoms with Gasteiger partial charge in [-0.15, -0.1) is 0 Å². The molecule has 1 aromatic heterocycles. The van der Waals surface area contributed by atoms with Gasteiger partial charge in [-0.05, 0) is 51.7 Å². The summed E-state index contributed by atoms with van der Waals surface area (Å²) in [7, 11) is 1.24. The van der Waals surface area contributed by atoms with Crippen molar-refractivity contribution in [3.8, 4) is 0 Å². The van der Waals surface area contributed by atoms with Gasteiger partial charge in [-0.1, -0.05) is 25.5 Å². The zero-order chi connectivity index (χ0) is 26.3. The third-order valence-corrected chi connectivity index (χ3v) is 7.11. The van der Waals surface area contributed by atoms with E-state index in [-0.39, 0.29) is 34.2 Å². The van der Waals surface area contributed by atoms with Crippen molar-refractivity contribution in [3.05, 3.63) is 68.4 Å². The first kappa shape index (κ1) is 25.4. The zero-order valence-electron chi connectivity index (χ0n) is 21.4. The van der Waals surface area contributed by atoms with Crippen molar-refractivity contribution in [2.75, 3.05) is 7.11 Å². The van der Waals surface area contributed by atoms with E-state index in [2.05, 4.69) is 5.32 Å². The van der Waals surface area contributed by atoms with Crippen molar-refractivity contribution in [2.24, 2.45) is 11.8 Å². The number of ketones is 1. The summed E-state index contributed by atoms with van der Waals surface area (Å²) in [6, 6.07) is 5.27. The molecule has 0 radical (unpaired) electrons.